The Balaban J connectivity index is 1.58. The molecule has 136 valence electrons. The van der Waals surface area contributed by atoms with Gasteiger partial charge in [0.15, 0.2) is 11.5 Å². The molecule has 1 unspecified atom stereocenters. The summed E-state index contributed by atoms with van der Waals surface area (Å²) in [7, 11) is 0. The average Bonchev–Trinajstić information content (AvgIpc) is 2.62. The van der Waals surface area contributed by atoms with Crippen molar-refractivity contribution in [3.05, 3.63) is 42.5 Å². The van der Waals surface area contributed by atoms with Gasteiger partial charge in [-0.1, -0.05) is 0 Å². The number of hydrogen-bond acceptors (Lipinski definition) is 5. The molecule has 2 aromatic rings. The second-order valence-corrected chi connectivity index (χ2v) is 5.97. The maximum absolute atomic E-state index is 12.4. The van der Waals surface area contributed by atoms with Crippen LogP contribution in [-0.2, 0) is 9.59 Å². The summed E-state index contributed by atoms with van der Waals surface area (Å²) >= 11 is 0. The van der Waals surface area contributed by atoms with Crippen molar-refractivity contribution in [1.29, 1.82) is 0 Å². The summed E-state index contributed by atoms with van der Waals surface area (Å²) < 4.78 is 11.0. The lowest BCUT2D eigenvalue weighted by atomic mass is 10.2. The predicted molar refractivity (Wildman–Crippen MR) is 99.9 cm³/mol. The first-order valence-electron chi connectivity index (χ1n) is 8.36. The zero-order chi connectivity index (χ0) is 18.5. The van der Waals surface area contributed by atoms with E-state index in [4.69, 9.17) is 9.47 Å². The van der Waals surface area contributed by atoms with Gasteiger partial charge in [0, 0.05) is 30.1 Å². The molecule has 0 aliphatic carbocycles. The van der Waals surface area contributed by atoms with Crippen LogP contribution >= 0.6 is 0 Å². The highest BCUT2D eigenvalue weighted by atomic mass is 16.6. The molecule has 26 heavy (non-hydrogen) atoms. The normalized spacial score (nSPS) is 13.5. The second kappa shape index (κ2) is 7.77. The fourth-order valence-electron chi connectivity index (χ4n) is 2.54. The molecule has 2 aromatic carbocycles. The van der Waals surface area contributed by atoms with E-state index in [0.717, 1.165) is 5.69 Å². The first-order chi connectivity index (χ1) is 12.5. The Morgan fingerprint density at radius 3 is 2.12 bits per heavy atom. The largest absolute Gasteiger partial charge is 0.486 e. The second-order valence-electron chi connectivity index (χ2n) is 5.97. The number of ether oxygens (including phenoxy) is 2. The molecule has 1 heterocycles. The Morgan fingerprint density at radius 1 is 0.885 bits per heavy atom. The molecule has 1 aliphatic heterocycles. The van der Waals surface area contributed by atoms with E-state index in [2.05, 4.69) is 16.0 Å². The van der Waals surface area contributed by atoms with Gasteiger partial charge in [-0.3, -0.25) is 9.59 Å². The lowest BCUT2D eigenvalue weighted by Crippen LogP contribution is -2.31. The molecule has 1 atom stereocenters. The molecule has 0 radical (unpaired) electrons. The van der Waals surface area contributed by atoms with E-state index in [0.29, 0.717) is 36.1 Å². The number of amides is 2. The van der Waals surface area contributed by atoms with Gasteiger partial charge in [-0.05, 0) is 43.3 Å². The Hall–Kier alpha value is -3.22. The van der Waals surface area contributed by atoms with Gasteiger partial charge in [-0.25, -0.2) is 0 Å². The maximum atomic E-state index is 12.4. The van der Waals surface area contributed by atoms with Crippen LogP contribution < -0.4 is 25.4 Å². The molecule has 0 aromatic heterocycles. The van der Waals surface area contributed by atoms with Crippen LogP contribution in [0.3, 0.4) is 0 Å². The van der Waals surface area contributed by atoms with Gasteiger partial charge in [0.1, 0.15) is 19.3 Å². The molecule has 0 bridgehead atoms. The number of fused-ring (bicyclic) bond motifs is 1. The maximum Gasteiger partial charge on any atom is 0.246 e. The number of nitrogens with one attached hydrogen (secondary N) is 3. The highest BCUT2D eigenvalue weighted by Crippen LogP contribution is 2.32. The van der Waals surface area contributed by atoms with E-state index >= 15 is 0 Å². The van der Waals surface area contributed by atoms with Gasteiger partial charge in [-0.2, -0.15) is 0 Å². The lowest BCUT2D eigenvalue weighted by molar-refractivity contribution is -0.116. The minimum Gasteiger partial charge on any atom is -0.486 e. The van der Waals surface area contributed by atoms with Crippen molar-refractivity contribution in [2.45, 2.75) is 19.9 Å². The summed E-state index contributed by atoms with van der Waals surface area (Å²) in [5.41, 5.74) is 2.11. The smallest absolute Gasteiger partial charge is 0.246 e. The molecule has 7 heteroatoms. The Kier molecular flexibility index (Phi) is 5.26. The van der Waals surface area contributed by atoms with Crippen molar-refractivity contribution in [1.82, 2.24) is 0 Å². The molecule has 0 saturated heterocycles. The lowest BCUT2D eigenvalue weighted by Gasteiger charge is -2.20. The van der Waals surface area contributed by atoms with Gasteiger partial charge < -0.3 is 25.4 Å². The number of rotatable bonds is 5. The Bertz CT molecular complexity index is 805. The summed E-state index contributed by atoms with van der Waals surface area (Å²) in [6, 6.07) is 12.0. The van der Waals surface area contributed by atoms with Crippen molar-refractivity contribution in [3.63, 3.8) is 0 Å². The van der Waals surface area contributed by atoms with Crippen molar-refractivity contribution in [2.24, 2.45) is 0 Å². The number of benzene rings is 2. The van der Waals surface area contributed by atoms with Crippen molar-refractivity contribution < 1.29 is 19.1 Å². The van der Waals surface area contributed by atoms with Crippen molar-refractivity contribution in [3.8, 4) is 11.5 Å². The standard InChI is InChI=1S/C19H21N3O4/c1-12(20-16-7-8-17-18(11-16)26-10-9-25-17)19(24)22-15-5-3-14(4-6-15)21-13(2)23/h3-8,11-12,20H,9-10H2,1-2H3,(H,21,23)(H,22,24). The van der Waals surface area contributed by atoms with Gasteiger partial charge in [-0.15, -0.1) is 0 Å². The SMILES string of the molecule is CC(=O)Nc1ccc(NC(=O)C(C)Nc2ccc3c(c2)OCCO3)cc1. The zero-order valence-electron chi connectivity index (χ0n) is 14.7. The Labute approximate surface area is 151 Å². The van der Waals surface area contributed by atoms with Gasteiger partial charge in [0.25, 0.3) is 0 Å². The van der Waals surface area contributed by atoms with Crippen LogP contribution in [0.25, 0.3) is 0 Å². The fraction of sp³-hybridized carbons (Fsp3) is 0.263. The summed E-state index contributed by atoms with van der Waals surface area (Å²) in [6.45, 7) is 4.28. The summed E-state index contributed by atoms with van der Waals surface area (Å²) in [6.07, 6.45) is 0. The number of hydrogen-bond donors (Lipinski definition) is 3. The third-order valence-corrected chi connectivity index (χ3v) is 3.79. The zero-order valence-corrected chi connectivity index (χ0v) is 14.7. The van der Waals surface area contributed by atoms with Crippen LogP contribution in [0.5, 0.6) is 11.5 Å². The minimum atomic E-state index is -0.451. The topological polar surface area (TPSA) is 88.7 Å². The van der Waals surface area contributed by atoms with E-state index < -0.39 is 6.04 Å². The number of anilines is 3. The molecule has 1 aliphatic rings. The molecule has 2 amide bonds. The Morgan fingerprint density at radius 2 is 1.46 bits per heavy atom. The number of carbonyl (C=O) groups excluding carboxylic acids is 2. The van der Waals surface area contributed by atoms with Crippen LogP contribution in [0, 0.1) is 0 Å². The van der Waals surface area contributed by atoms with E-state index in [9.17, 15) is 9.59 Å². The molecule has 0 saturated carbocycles. The third kappa shape index (κ3) is 4.44. The quantitative estimate of drug-likeness (QED) is 0.767. The molecular formula is C19H21N3O4. The van der Waals surface area contributed by atoms with E-state index in [1.807, 2.05) is 18.2 Å². The molecule has 0 spiro atoms. The van der Waals surface area contributed by atoms with Crippen LogP contribution in [0.4, 0.5) is 17.1 Å². The van der Waals surface area contributed by atoms with Gasteiger partial charge in [0.05, 0.1) is 0 Å². The molecule has 3 N–H and O–H groups in total. The van der Waals surface area contributed by atoms with Crippen LogP contribution in [0.1, 0.15) is 13.8 Å². The minimum absolute atomic E-state index is 0.140. The number of carbonyl (C=O) groups is 2. The first-order valence-corrected chi connectivity index (χ1v) is 8.36. The molecule has 7 nitrogen and oxygen atoms in total. The average molecular weight is 355 g/mol. The third-order valence-electron chi connectivity index (χ3n) is 3.79. The van der Waals surface area contributed by atoms with Crippen LogP contribution in [0.2, 0.25) is 0 Å². The van der Waals surface area contributed by atoms with Crippen LogP contribution in [0.15, 0.2) is 42.5 Å². The predicted octanol–water partition coefficient (Wildman–Crippen LogP) is 2.86. The van der Waals surface area contributed by atoms with Crippen molar-refractivity contribution in [2.75, 3.05) is 29.2 Å². The fourth-order valence-corrected chi connectivity index (χ4v) is 2.54. The van der Waals surface area contributed by atoms with Gasteiger partial charge >= 0.3 is 0 Å². The first kappa shape index (κ1) is 17.6. The van der Waals surface area contributed by atoms with Gasteiger partial charge in [0.2, 0.25) is 11.8 Å². The van der Waals surface area contributed by atoms with Crippen molar-refractivity contribution >= 4 is 28.9 Å². The molecular weight excluding hydrogens is 334 g/mol. The monoisotopic (exact) mass is 355 g/mol. The van der Waals surface area contributed by atoms with Crippen LogP contribution in [-0.4, -0.2) is 31.1 Å². The van der Waals surface area contributed by atoms with E-state index in [1.54, 1.807) is 31.2 Å². The molecule has 0 fully saturated rings. The summed E-state index contributed by atoms with van der Waals surface area (Å²) in [5.74, 6) is 1.06. The highest BCUT2D eigenvalue weighted by molar-refractivity contribution is 5.96. The molecule has 3 rings (SSSR count). The highest BCUT2D eigenvalue weighted by Gasteiger charge is 2.16. The van der Waals surface area contributed by atoms with E-state index in [1.165, 1.54) is 6.92 Å². The summed E-state index contributed by atoms with van der Waals surface area (Å²) in [4.78, 5) is 23.4. The summed E-state index contributed by atoms with van der Waals surface area (Å²) in [5, 5.41) is 8.66. The van der Waals surface area contributed by atoms with E-state index in [-0.39, 0.29) is 11.8 Å².